The first-order valence-electron chi connectivity index (χ1n) is 6.38. The molecule has 3 unspecified atom stereocenters. The number of carbonyl (C=O) groups is 1. The molecule has 2 heterocycles. The number of amidine groups is 1. The van der Waals surface area contributed by atoms with Crippen molar-refractivity contribution < 1.29 is 4.79 Å². The van der Waals surface area contributed by atoms with Crippen LogP contribution in [0.15, 0.2) is 4.99 Å². The largest absolute Gasteiger partial charge is 0.312 e. The highest BCUT2D eigenvalue weighted by molar-refractivity contribution is 8.07. The van der Waals surface area contributed by atoms with Gasteiger partial charge in [-0.15, -0.1) is 11.8 Å². The van der Waals surface area contributed by atoms with Crippen LogP contribution >= 0.6 is 23.5 Å². The molecule has 1 fully saturated rings. The van der Waals surface area contributed by atoms with Gasteiger partial charge in [-0.2, -0.15) is 11.8 Å². The van der Waals surface area contributed by atoms with Crippen LogP contribution in [0.3, 0.4) is 0 Å². The summed E-state index contributed by atoms with van der Waals surface area (Å²) in [7, 11) is 0. The zero-order valence-corrected chi connectivity index (χ0v) is 12.1. The summed E-state index contributed by atoms with van der Waals surface area (Å²) in [6.07, 6.45) is 3.03. The van der Waals surface area contributed by atoms with Gasteiger partial charge in [-0.3, -0.25) is 9.79 Å². The third-order valence-corrected chi connectivity index (χ3v) is 6.39. The van der Waals surface area contributed by atoms with Crippen molar-refractivity contribution in [3.05, 3.63) is 0 Å². The molecular formula is C12H20N2OS2. The molecule has 1 amide bonds. The highest BCUT2D eigenvalue weighted by Crippen LogP contribution is 2.34. The van der Waals surface area contributed by atoms with E-state index in [2.05, 4.69) is 24.2 Å². The molecule has 0 radical (unpaired) electrons. The number of hydrogen-bond acceptors (Lipinski definition) is 4. The first-order chi connectivity index (χ1) is 8.26. The minimum Gasteiger partial charge on any atom is -0.312 e. The Morgan fingerprint density at radius 3 is 2.82 bits per heavy atom. The van der Waals surface area contributed by atoms with Crippen LogP contribution in [0.25, 0.3) is 0 Å². The maximum absolute atomic E-state index is 11.8. The molecule has 0 bridgehead atoms. The summed E-state index contributed by atoms with van der Waals surface area (Å²) in [5.41, 5.74) is 0. The highest BCUT2D eigenvalue weighted by Gasteiger charge is 2.35. The molecular weight excluding hydrogens is 252 g/mol. The normalized spacial score (nSPS) is 33.4. The SMILES string of the molecule is CCCC1N=C(C2SCCSC2CC)NC1=O. The lowest BCUT2D eigenvalue weighted by molar-refractivity contribution is -0.120. The topological polar surface area (TPSA) is 41.5 Å². The van der Waals surface area contributed by atoms with Crippen molar-refractivity contribution in [3.63, 3.8) is 0 Å². The number of thioether (sulfide) groups is 2. The van der Waals surface area contributed by atoms with Crippen LogP contribution in [0.2, 0.25) is 0 Å². The fourth-order valence-electron chi connectivity index (χ4n) is 2.24. The van der Waals surface area contributed by atoms with E-state index in [1.54, 1.807) is 0 Å². The van der Waals surface area contributed by atoms with Crippen LogP contribution in [0, 0.1) is 0 Å². The van der Waals surface area contributed by atoms with E-state index in [0.717, 1.165) is 25.1 Å². The maximum atomic E-state index is 11.8. The molecule has 0 aromatic rings. The molecule has 2 aliphatic rings. The number of rotatable bonds is 4. The molecule has 2 rings (SSSR count). The first kappa shape index (κ1) is 13.3. The van der Waals surface area contributed by atoms with Crippen molar-refractivity contribution in [2.24, 2.45) is 4.99 Å². The van der Waals surface area contributed by atoms with Gasteiger partial charge in [0.1, 0.15) is 11.9 Å². The Morgan fingerprint density at radius 2 is 2.12 bits per heavy atom. The summed E-state index contributed by atoms with van der Waals surface area (Å²) in [5.74, 6) is 3.43. The average Bonchev–Trinajstić information content (AvgIpc) is 2.71. The summed E-state index contributed by atoms with van der Waals surface area (Å²) in [6, 6.07) is -0.125. The van der Waals surface area contributed by atoms with Crippen molar-refractivity contribution in [1.82, 2.24) is 5.32 Å². The minimum absolute atomic E-state index is 0.105. The minimum atomic E-state index is -0.125. The Hall–Kier alpha value is -0.160. The summed E-state index contributed by atoms with van der Waals surface area (Å²) >= 11 is 3.97. The Kier molecular flexibility index (Phi) is 4.79. The van der Waals surface area contributed by atoms with E-state index < -0.39 is 0 Å². The molecule has 2 aliphatic heterocycles. The lowest BCUT2D eigenvalue weighted by atomic mass is 10.2. The van der Waals surface area contributed by atoms with Gasteiger partial charge in [0.2, 0.25) is 5.91 Å². The van der Waals surface area contributed by atoms with Crippen molar-refractivity contribution >= 4 is 35.3 Å². The average molecular weight is 272 g/mol. The molecule has 17 heavy (non-hydrogen) atoms. The second kappa shape index (κ2) is 6.14. The van der Waals surface area contributed by atoms with Crippen LogP contribution in [0.4, 0.5) is 0 Å². The van der Waals surface area contributed by atoms with Crippen molar-refractivity contribution in [3.8, 4) is 0 Å². The van der Waals surface area contributed by atoms with Gasteiger partial charge in [0.05, 0.1) is 5.25 Å². The van der Waals surface area contributed by atoms with Gasteiger partial charge in [0.25, 0.3) is 0 Å². The van der Waals surface area contributed by atoms with Crippen molar-refractivity contribution in [2.45, 2.75) is 49.7 Å². The zero-order valence-electron chi connectivity index (χ0n) is 10.4. The third-order valence-electron chi connectivity index (χ3n) is 3.13. The number of nitrogens with zero attached hydrogens (tertiary/aromatic N) is 1. The molecule has 3 atom stereocenters. The van der Waals surface area contributed by atoms with Gasteiger partial charge in [-0.25, -0.2) is 0 Å². The molecule has 5 heteroatoms. The molecule has 1 N–H and O–H groups in total. The van der Waals surface area contributed by atoms with Crippen molar-refractivity contribution in [1.29, 1.82) is 0 Å². The van der Waals surface area contributed by atoms with E-state index in [0.29, 0.717) is 10.5 Å². The molecule has 1 saturated heterocycles. The van der Waals surface area contributed by atoms with Crippen LogP contribution in [0.5, 0.6) is 0 Å². The van der Waals surface area contributed by atoms with Crippen molar-refractivity contribution in [2.75, 3.05) is 11.5 Å². The van der Waals surface area contributed by atoms with Gasteiger partial charge < -0.3 is 5.32 Å². The summed E-state index contributed by atoms with van der Waals surface area (Å²) < 4.78 is 0. The van der Waals surface area contributed by atoms with Gasteiger partial charge in [-0.1, -0.05) is 20.3 Å². The van der Waals surface area contributed by atoms with Crippen LogP contribution in [-0.2, 0) is 4.79 Å². The van der Waals surface area contributed by atoms with E-state index in [1.165, 1.54) is 11.5 Å². The quantitative estimate of drug-likeness (QED) is 0.854. The lowest BCUT2D eigenvalue weighted by Crippen LogP contribution is -2.40. The number of amides is 1. The molecule has 3 nitrogen and oxygen atoms in total. The predicted octanol–water partition coefficient (Wildman–Crippen LogP) is 2.31. The van der Waals surface area contributed by atoms with Gasteiger partial charge >= 0.3 is 0 Å². The van der Waals surface area contributed by atoms with Gasteiger partial charge in [0.15, 0.2) is 0 Å². The van der Waals surface area contributed by atoms with E-state index >= 15 is 0 Å². The predicted molar refractivity (Wildman–Crippen MR) is 77.1 cm³/mol. The standard InChI is InChI=1S/C12H20N2OS2/c1-3-5-8-12(15)14-11(13-8)10-9(4-2)16-6-7-17-10/h8-10H,3-7H2,1-2H3,(H,13,14,15). The number of carbonyl (C=O) groups excluding carboxylic acids is 1. The van der Waals surface area contributed by atoms with Crippen LogP contribution in [0.1, 0.15) is 33.1 Å². The van der Waals surface area contributed by atoms with Crippen LogP contribution in [-0.4, -0.2) is 39.8 Å². The monoisotopic (exact) mass is 272 g/mol. The number of hydrogen-bond donors (Lipinski definition) is 1. The Balaban J connectivity index is 2.06. The zero-order chi connectivity index (χ0) is 12.3. The second-order valence-electron chi connectivity index (χ2n) is 4.42. The first-order valence-corrected chi connectivity index (χ1v) is 8.47. The van der Waals surface area contributed by atoms with E-state index in [9.17, 15) is 4.79 Å². The third kappa shape index (κ3) is 2.99. The molecule has 96 valence electrons. The van der Waals surface area contributed by atoms with Gasteiger partial charge in [0, 0.05) is 16.8 Å². The fourth-order valence-corrected chi connectivity index (χ4v) is 5.26. The highest BCUT2D eigenvalue weighted by atomic mass is 32.2. The Bertz CT molecular complexity index is 320. The van der Waals surface area contributed by atoms with Crippen LogP contribution < -0.4 is 5.32 Å². The number of aliphatic imine (C=N–C) groups is 1. The summed E-state index contributed by atoms with van der Waals surface area (Å²) in [4.78, 5) is 16.4. The molecule has 0 spiro atoms. The lowest BCUT2D eigenvalue weighted by Gasteiger charge is -2.29. The van der Waals surface area contributed by atoms with E-state index in [-0.39, 0.29) is 11.9 Å². The molecule has 0 saturated carbocycles. The Labute approximate surface area is 112 Å². The smallest absolute Gasteiger partial charge is 0.250 e. The molecule has 0 aromatic heterocycles. The number of nitrogens with one attached hydrogen (secondary N) is 1. The van der Waals surface area contributed by atoms with E-state index in [4.69, 9.17) is 0 Å². The molecule has 0 aliphatic carbocycles. The second-order valence-corrected chi connectivity index (χ2v) is 7.01. The summed E-state index contributed by atoms with van der Waals surface area (Å²) in [5, 5.41) is 4.00. The maximum Gasteiger partial charge on any atom is 0.250 e. The molecule has 0 aromatic carbocycles. The van der Waals surface area contributed by atoms with E-state index in [1.807, 2.05) is 23.5 Å². The fraction of sp³-hybridized carbons (Fsp3) is 0.833. The Morgan fingerprint density at radius 1 is 1.35 bits per heavy atom. The van der Waals surface area contributed by atoms with Gasteiger partial charge in [-0.05, 0) is 12.8 Å². The summed E-state index contributed by atoms with van der Waals surface area (Å²) in [6.45, 7) is 4.32.